The van der Waals surface area contributed by atoms with Gasteiger partial charge in [-0.15, -0.1) is 0 Å². The maximum atomic E-state index is 13.3. The van der Waals surface area contributed by atoms with Gasteiger partial charge in [-0.1, -0.05) is 6.58 Å². The summed E-state index contributed by atoms with van der Waals surface area (Å²) in [5.74, 6) is -35.6. The highest BCUT2D eigenvalue weighted by Gasteiger charge is 2.92. The molecule has 38 heavy (non-hydrogen) atoms. The van der Waals surface area contributed by atoms with Crippen molar-refractivity contribution < 1.29 is 102 Å². The molecular formula is C15H9F19O4. The quantitative estimate of drug-likeness (QED) is 0.127. The van der Waals surface area contributed by atoms with Crippen LogP contribution in [0.15, 0.2) is 12.2 Å². The van der Waals surface area contributed by atoms with Crippen molar-refractivity contribution in [2.75, 3.05) is 6.61 Å². The Balaban J connectivity index is 6.09. The molecule has 0 saturated heterocycles. The molecule has 0 aliphatic carbocycles. The van der Waals surface area contributed by atoms with Gasteiger partial charge in [0.05, 0.1) is 13.0 Å². The monoisotopic (exact) mass is 614 g/mol. The first-order valence-corrected chi connectivity index (χ1v) is 8.56. The van der Waals surface area contributed by atoms with E-state index in [0.717, 1.165) is 6.92 Å². The van der Waals surface area contributed by atoms with E-state index in [-0.39, 0.29) is 0 Å². The van der Waals surface area contributed by atoms with Gasteiger partial charge >= 0.3 is 60.3 Å². The van der Waals surface area contributed by atoms with E-state index < -0.39 is 78.9 Å². The van der Waals surface area contributed by atoms with Crippen LogP contribution in [0.3, 0.4) is 0 Å². The van der Waals surface area contributed by atoms with Crippen molar-refractivity contribution in [1.29, 1.82) is 0 Å². The van der Waals surface area contributed by atoms with Gasteiger partial charge in [0, 0.05) is 5.57 Å². The molecule has 23 heteroatoms. The summed E-state index contributed by atoms with van der Waals surface area (Å²) in [6, 6.07) is 0. The Morgan fingerprint density at radius 3 is 1.32 bits per heavy atom. The smallest absolute Gasteiger partial charge is 0.460 e. The van der Waals surface area contributed by atoms with Gasteiger partial charge in [0.15, 0.2) is 0 Å². The van der Waals surface area contributed by atoms with E-state index in [1.165, 1.54) is 4.74 Å². The fraction of sp³-hybridized carbons (Fsp3) is 0.800. The van der Waals surface area contributed by atoms with Crippen molar-refractivity contribution >= 4 is 5.97 Å². The molecule has 0 heterocycles. The van der Waals surface area contributed by atoms with Crippen LogP contribution < -0.4 is 0 Å². The van der Waals surface area contributed by atoms with Gasteiger partial charge < -0.3 is 4.74 Å². The number of alkyl halides is 19. The van der Waals surface area contributed by atoms with Crippen LogP contribution in [0.1, 0.15) is 13.3 Å². The summed E-state index contributed by atoms with van der Waals surface area (Å²) in [6.45, 7) is 2.17. The predicted octanol–water partition coefficient (Wildman–Crippen LogP) is 7.00. The van der Waals surface area contributed by atoms with Gasteiger partial charge in [0.1, 0.15) is 0 Å². The molecule has 0 N–H and O–H groups in total. The maximum Gasteiger partial charge on any atom is 0.460 e. The molecule has 0 aromatic rings. The molecule has 0 atom stereocenters. The molecule has 0 aromatic heterocycles. The summed E-state index contributed by atoms with van der Waals surface area (Å²) in [6.07, 6.45) is -39.0. The van der Waals surface area contributed by atoms with Crippen molar-refractivity contribution in [2.24, 2.45) is 0 Å². The molecule has 0 bridgehead atoms. The predicted molar refractivity (Wildman–Crippen MR) is 78.2 cm³/mol. The summed E-state index contributed by atoms with van der Waals surface area (Å²) in [4.78, 5) is 10.9. The second-order valence-corrected chi connectivity index (χ2v) is 6.85. The molecular weight excluding hydrogens is 605 g/mol. The number of hydrogen-bond donors (Lipinski definition) is 0. The van der Waals surface area contributed by atoms with Gasteiger partial charge in [-0.3, -0.25) is 0 Å². The second kappa shape index (κ2) is 10.1. The van der Waals surface area contributed by atoms with E-state index in [1.54, 1.807) is 0 Å². The van der Waals surface area contributed by atoms with Gasteiger partial charge in [-0.05, 0) is 6.92 Å². The molecule has 0 amide bonds. The first kappa shape index (κ1) is 35.8. The van der Waals surface area contributed by atoms with E-state index >= 15 is 0 Å². The zero-order valence-corrected chi connectivity index (χ0v) is 17.4. The highest BCUT2D eigenvalue weighted by atomic mass is 19.4. The maximum absolute atomic E-state index is 13.3. The number of esters is 1. The molecule has 0 fully saturated rings. The zero-order chi connectivity index (χ0) is 31.2. The summed E-state index contributed by atoms with van der Waals surface area (Å²) in [5, 5.41) is 0. The average molecular weight is 614 g/mol. The lowest BCUT2D eigenvalue weighted by molar-refractivity contribution is -0.544. The van der Waals surface area contributed by atoms with Crippen LogP contribution in [0.5, 0.6) is 0 Å². The van der Waals surface area contributed by atoms with Gasteiger partial charge in [-0.25, -0.2) is 14.3 Å². The fourth-order valence-corrected chi connectivity index (χ4v) is 1.72. The van der Waals surface area contributed by atoms with Gasteiger partial charge in [0.2, 0.25) is 0 Å². The topological polar surface area (TPSA) is 44.8 Å². The van der Waals surface area contributed by atoms with Crippen LogP contribution >= 0.6 is 0 Å². The lowest BCUT2D eigenvalue weighted by atomic mass is 9.97. The Bertz CT molecular complexity index is 876. The van der Waals surface area contributed by atoms with Crippen molar-refractivity contribution in [3.05, 3.63) is 12.2 Å². The molecule has 4 nitrogen and oxygen atoms in total. The Morgan fingerprint density at radius 2 is 0.947 bits per heavy atom. The fourth-order valence-electron chi connectivity index (χ4n) is 1.72. The number of hydrogen-bond acceptors (Lipinski definition) is 4. The molecule has 0 unspecified atom stereocenters. The molecule has 226 valence electrons. The molecule has 0 radical (unpaired) electrons. The molecule has 0 aliphatic rings. The van der Waals surface area contributed by atoms with Crippen molar-refractivity contribution in [3.63, 3.8) is 0 Å². The molecule has 0 spiro atoms. The number of halogens is 19. The van der Waals surface area contributed by atoms with E-state index in [9.17, 15) is 88.2 Å². The SMILES string of the molecule is C=C(C)C(=O)OCCC(F)(F)OC(F)(F)C(F)(F)OC(F)(F)C(F)(F)C(F)(F)C(F)(F)C(F)(F)C(F)(F)F. The summed E-state index contributed by atoms with van der Waals surface area (Å²) < 4.78 is 254. The zero-order valence-electron chi connectivity index (χ0n) is 17.4. The molecule has 0 aromatic carbocycles. The van der Waals surface area contributed by atoms with Crippen LogP contribution in [0, 0.1) is 0 Å². The van der Waals surface area contributed by atoms with Gasteiger partial charge in [-0.2, -0.15) is 83.4 Å². The van der Waals surface area contributed by atoms with Crippen LogP contribution in [-0.2, 0) is 19.0 Å². The van der Waals surface area contributed by atoms with Crippen LogP contribution in [-0.4, -0.2) is 66.9 Å². The largest absolute Gasteiger partial charge is 0.462 e. The highest BCUT2D eigenvalue weighted by molar-refractivity contribution is 5.86. The van der Waals surface area contributed by atoms with Crippen molar-refractivity contribution in [2.45, 2.75) is 67.6 Å². The molecule has 0 rings (SSSR count). The summed E-state index contributed by atoms with van der Waals surface area (Å²) in [5.41, 5.74) is -0.488. The Kier molecular flexibility index (Phi) is 9.50. The lowest BCUT2D eigenvalue weighted by Crippen LogP contribution is -2.71. The standard InChI is InChI=1S/C15H9F19O4/c1-5(2)6(35)36-4-3-7(16,17)37-14(31,32)15(33,34)38-13(29,30)11(24,25)9(20,21)8(18,19)10(22,23)12(26,27)28/h1,3-4H2,2H3. The minimum absolute atomic E-state index is 0.488. The normalized spacial score (nSPS) is 15.5. The van der Waals surface area contributed by atoms with E-state index in [4.69, 9.17) is 0 Å². The second-order valence-electron chi connectivity index (χ2n) is 6.85. The molecule has 0 aliphatic heterocycles. The van der Waals surface area contributed by atoms with Crippen LogP contribution in [0.2, 0.25) is 0 Å². The first-order valence-electron chi connectivity index (χ1n) is 8.56. The van der Waals surface area contributed by atoms with Crippen molar-refractivity contribution in [3.8, 4) is 0 Å². The van der Waals surface area contributed by atoms with E-state index in [2.05, 4.69) is 16.1 Å². The third-order valence-corrected chi connectivity index (χ3v) is 3.75. The Morgan fingerprint density at radius 1 is 0.579 bits per heavy atom. The Labute approximate surface area is 196 Å². The third kappa shape index (κ3) is 6.50. The summed E-state index contributed by atoms with van der Waals surface area (Å²) in [7, 11) is 0. The number of carbonyl (C=O) groups is 1. The summed E-state index contributed by atoms with van der Waals surface area (Å²) >= 11 is 0. The number of carbonyl (C=O) groups excluding carboxylic acids is 1. The van der Waals surface area contributed by atoms with Crippen LogP contribution in [0.4, 0.5) is 83.4 Å². The minimum Gasteiger partial charge on any atom is -0.462 e. The van der Waals surface area contributed by atoms with Crippen LogP contribution in [0.25, 0.3) is 0 Å². The van der Waals surface area contributed by atoms with E-state index in [1.807, 2.05) is 0 Å². The first-order chi connectivity index (χ1) is 16.2. The lowest BCUT2D eigenvalue weighted by Gasteiger charge is -2.40. The highest BCUT2D eigenvalue weighted by Crippen LogP contribution is 2.61. The van der Waals surface area contributed by atoms with Crippen molar-refractivity contribution in [1.82, 2.24) is 0 Å². The third-order valence-electron chi connectivity index (χ3n) is 3.75. The number of rotatable bonds is 13. The minimum atomic E-state index is -8.70. The van der Waals surface area contributed by atoms with E-state index in [0.29, 0.717) is 0 Å². The van der Waals surface area contributed by atoms with Gasteiger partial charge in [0.25, 0.3) is 0 Å². The number of ether oxygens (including phenoxy) is 3. The molecule has 0 saturated carbocycles. The Hall–Kier alpha value is -2.20. The average Bonchev–Trinajstić information content (AvgIpc) is 2.64.